The number of allylic oxidation sites excluding steroid dienone is 2. The first-order valence-electron chi connectivity index (χ1n) is 9.67. The Kier molecular flexibility index (Phi) is 4.14. The van der Waals surface area contributed by atoms with Crippen LogP contribution in [-0.2, 0) is 11.3 Å². The highest BCUT2D eigenvalue weighted by Gasteiger charge is 2.60. The number of carbonyl (C=O) groups excluding carboxylic acids is 2. The van der Waals surface area contributed by atoms with Crippen LogP contribution in [0.1, 0.15) is 44.3 Å². The van der Waals surface area contributed by atoms with Crippen LogP contribution in [0, 0.1) is 17.8 Å². The number of fused-ring (bicyclic) bond motifs is 2. The number of carbonyl (C=O) groups is 2. The van der Waals surface area contributed by atoms with Gasteiger partial charge in [0.2, 0.25) is 4.79 Å². The summed E-state index contributed by atoms with van der Waals surface area (Å²) in [6.45, 7) is 0. The third-order valence-corrected chi connectivity index (χ3v) is 6.19. The van der Waals surface area contributed by atoms with E-state index < -0.39 is 18.1 Å². The van der Waals surface area contributed by atoms with Crippen molar-refractivity contribution in [3.05, 3.63) is 82.9 Å². The van der Waals surface area contributed by atoms with Gasteiger partial charge in [0.25, 0.3) is 0 Å². The third-order valence-electron chi connectivity index (χ3n) is 6.19. The Bertz CT molecular complexity index is 965. The van der Waals surface area contributed by atoms with Gasteiger partial charge in [-0.3, -0.25) is 0 Å². The van der Waals surface area contributed by atoms with Gasteiger partial charge >= 0.3 is 11.8 Å². The van der Waals surface area contributed by atoms with Crippen LogP contribution in [0.25, 0.3) is 0 Å². The van der Waals surface area contributed by atoms with Crippen molar-refractivity contribution in [1.82, 2.24) is 5.48 Å². The minimum Gasteiger partial charge on any atom is -0.391 e. The summed E-state index contributed by atoms with van der Waals surface area (Å²) in [5.41, 5.74) is 5.69. The molecule has 0 aliphatic heterocycles. The van der Waals surface area contributed by atoms with Crippen molar-refractivity contribution in [3.8, 4) is 0 Å². The second-order valence-corrected chi connectivity index (χ2v) is 7.83. The summed E-state index contributed by atoms with van der Waals surface area (Å²) in [6.07, 6.45) is 5.16. The minimum atomic E-state index is -0.641. The topological polar surface area (TPSA) is 78.5 Å². The number of hydroxylamine groups is 1. The molecule has 5 rings (SSSR count). The fourth-order valence-corrected chi connectivity index (χ4v) is 4.58. The standard InChI is InChI=1S/C23H21NO4/c25-19-12-15-4-1-2-5-16(15)21(19)24-28-23(27)14-10-8-13(9-11-14)22(26)20-17-6-3-7-18(17)20/h1-6,8-11,17-21,24-25H,7,12H2/q+1/t17-,18+,19+,20-,21-/m1/s1. The van der Waals surface area contributed by atoms with Gasteiger partial charge in [0, 0.05) is 6.42 Å². The number of Topliss-reactive ketones (excluding diaryl/α,β-unsaturated/α-hetero) is 1. The lowest BCUT2D eigenvalue weighted by Crippen LogP contribution is -2.31. The highest BCUT2D eigenvalue weighted by atomic mass is 16.7. The van der Waals surface area contributed by atoms with Gasteiger partial charge in [-0.25, -0.2) is 4.79 Å². The summed E-state index contributed by atoms with van der Waals surface area (Å²) in [4.78, 5) is 30.1. The second-order valence-electron chi connectivity index (χ2n) is 7.83. The summed E-state index contributed by atoms with van der Waals surface area (Å²) in [6, 6.07) is 13.9. The van der Waals surface area contributed by atoms with Crippen molar-refractivity contribution in [3.63, 3.8) is 0 Å². The Balaban J connectivity index is 1.22. The molecule has 5 nitrogen and oxygen atoms in total. The van der Waals surface area contributed by atoms with E-state index in [0.29, 0.717) is 29.4 Å². The monoisotopic (exact) mass is 375 g/mol. The lowest BCUT2D eigenvalue weighted by molar-refractivity contribution is -0.00331. The number of hydrogen-bond donors (Lipinski definition) is 2. The lowest BCUT2D eigenvalue weighted by Gasteiger charge is -2.17. The van der Waals surface area contributed by atoms with E-state index in [1.54, 1.807) is 24.3 Å². The van der Waals surface area contributed by atoms with Crippen molar-refractivity contribution < 1.29 is 19.5 Å². The normalized spacial score (nSPS) is 29.2. The van der Waals surface area contributed by atoms with Gasteiger partial charge in [0.15, 0.2) is 0 Å². The average Bonchev–Trinajstić information content (AvgIpc) is 3.04. The summed E-state index contributed by atoms with van der Waals surface area (Å²) < 4.78 is 0. The zero-order valence-corrected chi connectivity index (χ0v) is 15.2. The van der Waals surface area contributed by atoms with Gasteiger partial charge in [-0.1, -0.05) is 36.4 Å². The van der Waals surface area contributed by atoms with Crippen LogP contribution in [0.15, 0.2) is 60.7 Å². The van der Waals surface area contributed by atoms with E-state index in [1.165, 1.54) is 0 Å². The number of ketones is 1. The smallest absolute Gasteiger partial charge is 0.391 e. The average molecular weight is 375 g/mol. The van der Waals surface area contributed by atoms with Crippen LogP contribution in [0.3, 0.4) is 0 Å². The maximum atomic E-state index is 12.6. The van der Waals surface area contributed by atoms with Gasteiger partial charge in [-0.2, -0.15) is 0 Å². The molecular formula is C23H21NO4+. The maximum absolute atomic E-state index is 12.6. The van der Waals surface area contributed by atoms with Crippen molar-refractivity contribution in [1.29, 1.82) is 0 Å². The van der Waals surface area contributed by atoms with Gasteiger partial charge in [0.05, 0.1) is 29.2 Å². The molecular weight excluding hydrogens is 354 g/mol. The van der Waals surface area contributed by atoms with E-state index in [1.807, 2.05) is 24.3 Å². The maximum Gasteiger partial charge on any atom is 0.478 e. The van der Waals surface area contributed by atoms with Crippen LogP contribution >= 0.6 is 0 Å². The summed E-state index contributed by atoms with van der Waals surface area (Å²) in [5.74, 6) is 0.599. The van der Waals surface area contributed by atoms with Gasteiger partial charge in [-0.05, 0) is 53.6 Å². The van der Waals surface area contributed by atoms with E-state index in [9.17, 15) is 14.7 Å². The molecule has 0 unspecified atom stereocenters. The molecule has 5 heteroatoms. The second kappa shape index (κ2) is 6.69. The molecule has 0 aromatic heterocycles. The van der Waals surface area contributed by atoms with Gasteiger partial charge in [0.1, 0.15) is 0 Å². The number of aliphatic hydroxyl groups is 1. The zero-order valence-electron chi connectivity index (χ0n) is 15.2. The fourth-order valence-electron chi connectivity index (χ4n) is 4.58. The fraction of sp³-hybridized carbons (Fsp3) is 0.304. The Hall–Kier alpha value is -2.76. The quantitative estimate of drug-likeness (QED) is 0.364. The minimum absolute atomic E-state index is 0.105. The van der Waals surface area contributed by atoms with E-state index in [4.69, 9.17) is 4.84 Å². The van der Waals surface area contributed by atoms with Crippen LogP contribution in [0.5, 0.6) is 0 Å². The molecule has 28 heavy (non-hydrogen) atoms. The predicted octanol–water partition coefficient (Wildman–Crippen LogP) is 3.01. The number of rotatable bonds is 5. The highest BCUT2D eigenvalue weighted by molar-refractivity contribution is 6.01. The van der Waals surface area contributed by atoms with Crippen LogP contribution in [0.2, 0.25) is 0 Å². The van der Waals surface area contributed by atoms with Gasteiger partial charge in [-0.15, -0.1) is 5.48 Å². The summed E-state index contributed by atoms with van der Waals surface area (Å²) >= 11 is 0. The SMILES string of the molecule is O=C(ON[C@@H]1c2ccccc2C[C@@H]1O)c1ccc(C(=[O+])[C@@H]2[C@@H]3C=CC[C@@H]32)cc1. The molecule has 0 bridgehead atoms. The third kappa shape index (κ3) is 2.87. The molecule has 0 heterocycles. The first-order valence-corrected chi connectivity index (χ1v) is 9.67. The van der Waals surface area contributed by atoms with E-state index in [0.717, 1.165) is 17.5 Å². The van der Waals surface area contributed by atoms with Crippen molar-refractivity contribution in [2.75, 3.05) is 0 Å². The molecule has 1 saturated carbocycles. The Morgan fingerprint density at radius 3 is 2.61 bits per heavy atom. The molecule has 2 aromatic carbocycles. The molecule has 3 aliphatic carbocycles. The van der Waals surface area contributed by atoms with E-state index in [-0.39, 0.29) is 11.7 Å². The molecule has 0 spiro atoms. The number of hydrogen-bond acceptors (Lipinski definition) is 5. The number of aliphatic hydroxyl groups excluding tert-OH is 1. The van der Waals surface area contributed by atoms with E-state index in [2.05, 4.69) is 17.6 Å². The molecule has 1 radical (unpaired) electrons. The molecule has 1 fully saturated rings. The Morgan fingerprint density at radius 1 is 1.11 bits per heavy atom. The molecule has 5 atom stereocenters. The molecule has 0 saturated heterocycles. The van der Waals surface area contributed by atoms with Crippen molar-refractivity contribution >= 4 is 11.8 Å². The predicted molar refractivity (Wildman–Crippen MR) is 102 cm³/mol. The molecule has 141 valence electrons. The van der Waals surface area contributed by atoms with E-state index >= 15 is 0 Å². The molecule has 2 N–H and O–H groups in total. The number of benzene rings is 2. The highest BCUT2D eigenvalue weighted by Crippen LogP contribution is 2.55. The zero-order chi connectivity index (χ0) is 19.3. The lowest BCUT2D eigenvalue weighted by atomic mass is 10.0. The first-order chi connectivity index (χ1) is 13.6. The first kappa shape index (κ1) is 17.3. The van der Waals surface area contributed by atoms with Gasteiger partial charge < -0.3 is 9.94 Å². The summed E-state index contributed by atoms with van der Waals surface area (Å²) in [5, 5.41) is 10.2. The van der Waals surface area contributed by atoms with Crippen molar-refractivity contribution in [2.45, 2.75) is 25.0 Å². The van der Waals surface area contributed by atoms with Crippen LogP contribution in [-0.4, -0.2) is 23.0 Å². The summed E-state index contributed by atoms with van der Waals surface area (Å²) in [7, 11) is 0. The number of nitrogens with one attached hydrogen (secondary N) is 1. The largest absolute Gasteiger partial charge is 0.478 e. The van der Waals surface area contributed by atoms with Crippen LogP contribution < -0.4 is 5.48 Å². The Labute approximate surface area is 163 Å². The molecule has 3 aliphatic rings. The van der Waals surface area contributed by atoms with Crippen molar-refractivity contribution in [2.24, 2.45) is 17.8 Å². The van der Waals surface area contributed by atoms with Crippen LogP contribution in [0.4, 0.5) is 0 Å². The molecule has 2 aromatic rings. The Morgan fingerprint density at radius 2 is 1.86 bits per heavy atom. The molecule has 0 amide bonds.